The van der Waals surface area contributed by atoms with Crippen LogP contribution in [0.25, 0.3) is 0 Å². The lowest BCUT2D eigenvalue weighted by Gasteiger charge is -2.31. The Bertz CT molecular complexity index is 959. The van der Waals surface area contributed by atoms with Crippen molar-refractivity contribution in [2.75, 3.05) is 6.61 Å². The highest BCUT2D eigenvalue weighted by atomic mass is 35.5. The van der Waals surface area contributed by atoms with Gasteiger partial charge in [-0.1, -0.05) is 40.9 Å². The van der Waals surface area contributed by atoms with Crippen molar-refractivity contribution in [1.82, 2.24) is 10.2 Å². The number of carbonyl (C=O) groups is 2. The van der Waals surface area contributed by atoms with E-state index in [2.05, 4.69) is 5.32 Å². The molecule has 0 aliphatic rings. The molecule has 0 fully saturated rings. The Hall–Kier alpha value is -1.95. The molecule has 0 aliphatic heterocycles. The molecule has 32 heavy (non-hydrogen) atoms. The lowest BCUT2D eigenvalue weighted by Crippen LogP contribution is -2.53. The normalized spacial score (nSPS) is 12.3. The summed E-state index contributed by atoms with van der Waals surface area (Å²) in [6.07, 6.45) is 0. The molecule has 8 heteroatoms. The molecule has 2 aromatic rings. The van der Waals surface area contributed by atoms with E-state index in [1.165, 1.54) is 4.90 Å². The number of nitrogens with zero attached hydrogens (tertiary/aromatic N) is 1. The molecular formula is C24H29Cl3N2O3. The summed E-state index contributed by atoms with van der Waals surface area (Å²) in [6.45, 7) is 10.9. The van der Waals surface area contributed by atoms with Gasteiger partial charge in [0.05, 0.1) is 0 Å². The lowest BCUT2D eigenvalue weighted by molar-refractivity contribution is -0.142. The second-order valence-corrected chi connectivity index (χ2v) is 9.99. The van der Waals surface area contributed by atoms with Crippen LogP contribution in [-0.2, 0) is 16.1 Å². The van der Waals surface area contributed by atoms with E-state index >= 15 is 0 Å². The number of carbonyl (C=O) groups excluding carboxylic acids is 2. The summed E-state index contributed by atoms with van der Waals surface area (Å²) in [5.74, 6) is -0.129. The average Bonchev–Trinajstić information content (AvgIpc) is 2.68. The van der Waals surface area contributed by atoms with E-state index in [4.69, 9.17) is 39.5 Å². The van der Waals surface area contributed by atoms with Crippen molar-refractivity contribution in [3.8, 4) is 5.75 Å². The van der Waals surface area contributed by atoms with Gasteiger partial charge in [0.1, 0.15) is 11.8 Å². The van der Waals surface area contributed by atoms with Crippen molar-refractivity contribution in [2.24, 2.45) is 0 Å². The molecule has 2 aromatic carbocycles. The van der Waals surface area contributed by atoms with Crippen molar-refractivity contribution >= 4 is 46.6 Å². The van der Waals surface area contributed by atoms with Crippen LogP contribution in [0.2, 0.25) is 15.1 Å². The molecule has 2 rings (SSSR count). The van der Waals surface area contributed by atoms with E-state index in [0.29, 0.717) is 26.4 Å². The zero-order valence-corrected chi connectivity index (χ0v) is 21.5. The fraction of sp³-hybridized carbons (Fsp3) is 0.417. The molecule has 0 unspecified atom stereocenters. The number of amides is 2. The van der Waals surface area contributed by atoms with Gasteiger partial charge in [-0.3, -0.25) is 9.59 Å². The number of rotatable bonds is 7. The first-order chi connectivity index (χ1) is 14.8. The van der Waals surface area contributed by atoms with Crippen LogP contribution in [0, 0.1) is 13.8 Å². The van der Waals surface area contributed by atoms with Crippen LogP contribution in [0.4, 0.5) is 0 Å². The first-order valence-electron chi connectivity index (χ1n) is 10.2. The molecule has 0 saturated heterocycles. The van der Waals surface area contributed by atoms with Gasteiger partial charge in [-0.15, -0.1) is 0 Å². The largest absolute Gasteiger partial charge is 0.484 e. The number of halogens is 3. The standard InChI is InChI=1S/C24H29Cl3N2O3/c1-14-10-17(11-15(2)22(14)27)32-13-21(30)29(16(3)23(31)28-24(4,5)6)12-18-19(25)8-7-9-20(18)26/h7-11,16H,12-13H2,1-6H3,(H,28,31)/t16-/m1/s1. The average molecular weight is 500 g/mol. The highest BCUT2D eigenvalue weighted by Gasteiger charge is 2.29. The lowest BCUT2D eigenvalue weighted by atomic mass is 10.1. The Morgan fingerprint density at radius 1 is 1.06 bits per heavy atom. The molecule has 1 atom stereocenters. The number of hydrogen-bond donors (Lipinski definition) is 1. The number of aryl methyl sites for hydroxylation is 2. The summed E-state index contributed by atoms with van der Waals surface area (Å²) in [5, 5.41) is 4.41. The Morgan fingerprint density at radius 3 is 2.09 bits per heavy atom. The van der Waals surface area contributed by atoms with E-state index in [-0.39, 0.29) is 25.0 Å². The van der Waals surface area contributed by atoms with E-state index in [0.717, 1.165) is 11.1 Å². The fourth-order valence-corrected chi connectivity index (χ4v) is 3.75. The minimum atomic E-state index is -0.772. The van der Waals surface area contributed by atoms with Gasteiger partial charge in [0, 0.05) is 32.7 Å². The molecule has 1 N–H and O–H groups in total. The summed E-state index contributed by atoms with van der Waals surface area (Å²) < 4.78 is 5.75. The van der Waals surface area contributed by atoms with E-state index in [1.807, 2.05) is 34.6 Å². The molecule has 0 aliphatic carbocycles. The third-order valence-electron chi connectivity index (χ3n) is 4.83. The minimum Gasteiger partial charge on any atom is -0.484 e. The van der Waals surface area contributed by atoms with Crippen molar-refractivity contribution in [1.29, 1.82) is 0 Å². The first-order valence-corrected chi connectivity index (χ1v) is 11.4. The third kappa shape index (κ3) is 7.03. The smallest absolute Gasteiger partial charge is 0.261 e. The maximum atomic E-state index is 13.2. The van der Waals surface area contributed by atoms with Crippen LogP contribution in [0.5, 0.6) is 5.75 Å². The zero-order valence-electron chi connectivity index (χ0n) is 19.2. The molecule has 174 valence electrons. The second-order valence-electron chi connectivity index (χ2n) is 8.80. The van der Waals surface area contributed by atoms with Crippen molar-refractivity contribution in [3.05, 3.63) is 62.1 Å². The monoisotopic (exact) mass is 498 g/mol. The number of ether oxygens (including phenoxy) is 1. The van der Waals surface area contributed by atoms with E-state index in [9.17, 15) is 9.59 Å². The number of nitrogens with one attached hydrogen (secondary N) is 1. The van der Waals surface area contributed by atoms with Gasteiger partial charge < -0.3 is 15.0 Å². The maximum absolute atomic E-state index is 13.2. The van der Waals surface area contributed by atoms with Crippen LogP contribution >= 0.6 is 34.8 Å². The molecule has 5 nitrogen and oxygen atoms in total. The van der Waals surface area contributed by atoms with Gasteiger partial charge in [0.25, 0.3) is 5.91 Å². The molecule has 0 saturated carbocycles. The first kappa shape index (κ1) is 26.3. The number of hydrogen-bond acceptors (Lipinski definition) is 3. The summed E-state index contributed by atoms with van der Waals surface area (Å²) in [7, 11) is 0. The summed E-state index contributed by atoms with van der Waals surface area (Å²) in [5.41, 5.74) is 1.83. The molecular weight excluding hydrogens is 471 g/mol. The quantitative estimate of drug-likeness (QED) is 0.510. The van der Waals surface area contributed by atoms with Gasteiger partial charge in [0.2, 0.25) is 5.91 Å². The maximum Gasteiger partial charge on any atom is 0.261 e. The van der Waals surface area contributed by atoms with Gasteiger partial charge in [0.15, 0.2) is 6.61 Å². The predicted octanol–water partition coefficient (Wildman–Crippen LogP) is 5.97. The molecule has 0 radical (unpaired) electrons. The Morgan fingerprint density at radius 2 is 1.59 bits per heavy atom. The van der Waals surface area contributed by atoms with Crippen LogP contribution in [0.3, 0.4) is 0 Å². The van der Waals surface area contributed by atoms with Crippen molar-refractivity contribution in [3.63, 3.8) is 0 Å². The van der Waals surface area contributed by atoms with Crippen LogP contribution < -0.4 is 10.1 Å². The molecule has 0 bridgehead atoms. The van der Waals surface area contributed by atoms with Gasteiger partial charge in [-0.25, -0.2) is 0 Å². The molecule has 0 aromatic heterocycles. The topological polar surface area (TPSA) is 58.6 Å². The molecule has 0 heterocycles. The summed E-state index contributed by atoms with van der Waals surface area (Å²) in [4.78, 5) is 27.5. The highest BCUT2D eigenvalue weighted by molar-refractivity contribution is 6.36. The zero-order chi connectivity index (χ0) is 24.2. The molecule has 0 spiro atoms. The van der Waals surface area contributed by atoms with E-state index < -0.39 is 11.6 Å². The SMILES string of the molecule is Cc1cc(OCC(=O)N(Cc2c(Cl)cccc2Cl)[C@H](C)C(=O)NC(C)(C)C)cc(C)c1Cl. The molecule has 2 amide bonds. The highest BCUT2D eigenvalue weighted by Crippen LogP contribution is 2.28. The van der Waals surface area contributed by atoms with Crippen LogP contribution in [0.15, 0.2) is 30.3 Å². The van der Waals surface area contributed by atoms with Crippen molar-refractivity contribution < 1.29 is 14.3 Å². The Labute approximate surface area is 205 Å². The Kier molecular flexibility index (Phi) is 8.86. The third-order valence-corrected chi connectivity index (χ3v) is 6.13. The van der Waals surface area contributed by atoms with Crippen molar-refractivity contribution in [2.45, 2.75) is 59.7 Å². The van der Waals surface area contributed by atoms with Gasteiger partial charge >= 0.3 is 0 Å². The fourth-order valence-electron chi connectivity index (χ4n) is 3.13. The Balaban J connectivity index is 2.28. The van der Waals surface area contributed by atoms with Crippen LogP contribution in [-0.4, -0.2) is 34.9 Å². The van der Waals surface area contributed by atoms with Gasteiger partial charge in [-0.05, 0) is 76.9 Å². The van der Waals surface area contributed by atoms with Gasteiger partial charge in [-0.2, -0.15) is 0 Å². The minimum absolute atomic E-state index is 0.0676. The summed E-state index contributed by atoms with van der Waals surface area (Å²) in [6, 6.07) is 7.89. The summed E-state index contributed by atoms with van der Waals surface area (Å²) >= 11 is 18.9. The predicted molar refractivity (Wildman–Crippen MR) is 131 cm³/mol. The second kappa shape index (κ2) is 10.8. The van der Waals surface area contributed by atoms with Crippen LogP contribution in [0.1, 0.15) is 44.4 Å². The number of benzene rings is 2. The van der Waals surface area contributed by atoms with E-state index in [1.54, 1.807) is 37.3 Å².